The van der Waals surface area contributed by atoms with E-state index in [-0.39, 0.29) is 0 Å². The second-order valence-corrected chi connectivity index (χ2v) is 6.14. The van der Waals surface area contributed by atoms with Gasteiger partial charge >= 0.3 is 0 Å². The monoisotopic (exact) mass is 253 g/mol. The maximum absolute atomic E-state index is 3.70. The molecule has 3 nitrogen and oxygen atoms in total. The summed E-state index contributed by atoms with van der Waals surface area (Å²) in [6.07, 6.45) is 9.69. The minimum absolute atomic E-state index is 0.658. The van der Waals surface area contributed by atoms with Gasteiger partial charge in [0.05, 0.1) is 0 Å². The largest absolute Gasteiger partial charge is 0.314 e. The van der Waals surface area contributed by atoms with Crippen molar-refractivity contribution in [1.82, 2.24) is 15.5 Å². The van der Waals surface area contributed by atoms with Crippen molar-refractivity contribution in [3.63, 3.8) is 0 Å². The number of nitrogens with zero attached hydrogens (tertiary/aromatic N) is 1. The number of rotatable bonds is 6. The van der Waals surface area contributed by atoms with Gasteiger partial charge in [-0.3, -0.25) is 0 Å². The van der Waals surface area contributed by atoms with Crippen molar-refractivity contribution in [2.24, 2.45) is 0 Å². The van der Waals surface area contributed by atoms with E-state index in [1.807, 2.05) is 0 Å². The molecule has 0 amide bonds. The highest BCUT2D eigenvalue weighted by molar-refractivity contribution is 4.77. The lowest BCUT2D eigenvalue weighted by Gasteiger charge is -2.29. The lowest BCUT2D eigenvalue weighted by molar-refractivity contribution is 0.224. The standard InChI is InChI=1S/C15H31N3/c1-14(13-15-7-3-4-8-17-15)16-9-12-18-10-5-2-6-11-18/h14-17H,2-13H2,1H3. The first-order chi connectivity index (χ1) is 8.84. The number of nitrogens with one attached hydrogen (secondary N) is 2. The number of hydrogen-bond donors (Lipinski definition) is 2. The Morgan fingerprint density at radius 3 is 2.72 bits per heavy atom. The summed E-state index contributed by atoms with van der Waals surface area (Å²) in [6, 6.07) is 1.42. The Kier molecular flexibility index (Phi) is 6.46. The molecule has 2 unspecified atom stereocenters. The van der Waals surface area contributed by atoms with Gasteiger partial charge < -0.3 is 15.5 Å². The predicted molar refractivity (Wildman–Crippen MR) is 78.0 cm³/mol. The third-order valence-electron chi connectivity index (χ3n) is 4.42. The average Bonchev–Trinajstić information content (AvgIpc) is 2.41. The van der Waals surface area contributed by atoms with E-state index in [9.17, 15) is 0 Å². The Labute approximate surface area is 113 Å². The number of likely N-dealkylation sites (tertiary alicyclic amines) is 1. The molecule has 0 bridgehead atoms. The fourth-order valence-corrected chi connectivity index (χ4v) is 3.29. The van der Waals surface area contributed by atoms with Crippen LogP contribution in [0.1, 0.15) is 51.9 Å². The van der Waals surface area contributed by atoms with Crippen LogP contribution in [0.15, 0.2) is 0 Å². The van der Waals surface area contributed by atoms with Crippen LogP contribution in [0.25, 0.3) is 0 Å². The van der Waals surface area contributed by atoms with Crippen LogP contribution >= 0.6 is 0 Å². The van der Waals surface area contributed by atoms with Gasteiger partial charge in [0.2, 0.25) is 0 Å². The highest BCUT2D eigenvalue weighted by atomic mass is 15.1. The van der Waals surface area contributed by atoms with Gasteiger partial charge in [-0.1, -0.05) is 12.8 Å². The zero-order chi connectivity index (χ0) is 12.6. The van der Waals surface area contributed by atoms with Crippen molar-refractivity contribution in [2.45, 2.75) is 64.0 Å². The summed E-state index contributed by atoms with van der Waals surface area (Å²) >= 11 is 0. The molecular formula is C15H31N3. The number of hydrogen-bond acceptors (Lipinski definition) is 3. The normalized spacial score (nSPS) is 28.2. The molecule has 0 radical (unpaired) electrons. The molecule has 106 valence electrons. The summed E-state index contributed by atoms with van der Waals surface area (Å²) in [5.41, 5.74) is 0. The Bertz CT molecular complexity index is 208. The average molecular weight is 253 g/mol. The minimum Gasteiger partial charge on any atom is -0.314 e. The quantitative estimate of drug-likeness (QED) is 0.758. The molecule has 2 saturated heterocycles. The third-order valence-corrected chi connectivity index (χ3v) is 4.42. The zero-order valence-corrected chi connectivity index (χ0v) is 12.1. The molecule has 2 heterocycles. The van der Waals surface area contributed by atoms with E-state index in [4.69, 9.17) is 0 Å². The molecule has 18 heavy (non-hydrogen) atoms. The van der Waals surface area contributed by atoms with E-state index in [0.717, 1.165) is 12.6 Å². The molecule has 0 saturated carbocycles. The molecule has 2 aliphatic rings. The van der Waals surface area contributed by atoms with Gasteiger partial charge in [-0.25, -0.2) is 0 Å². The van der Waals surface area contributed by atoms with Crippen LogP contribution in [0, 0.1) is 0 Å². The smallest absolute Gasteiger partial charge is 0.0107 e. The van der Waals surface area contributed by atoms with Gasteiger partial charge in [0, 0.05) is 25.2 Å². The molecule has 2 fully saturated rings. The molecule has 2 N–H and O–H groups in total. The highest BCUT2D eigenvalue weighted by Crippen LogP contribution is 2.12. The van der Waals surface area contributed by atoms with Gasteiger partial charge in [0.1, 0.15) is 0 Å². The Morgan fingerprint density at radius 2 is 2.00 bits per heavy atom. The first-order valence-corrected chi connectivity index (χ1v) is 8.04. The van der Waals surface area contributed by atoms with Crippen LogP contribution in [0.5, 0.6) is 0 Å². The van der Waals surface area contributed by atoms with Crippen LogP contribution < -0.4 is 10.6 Å². The Hall–Kier alpha value is -0.120. The predicted octanol–water partition coefficient (Wildman–Crippen LogP) is 1.98. The van der Waals surface area contributed by atoms with Gasteiger partial charge in [-0.05, 0) is 58.7 Å². The molecule has 0 spiro atoms. The van der Waals surface area contributed by atoms with E-state index in [0.29, 0.717) is 6.04 Å². The van der Waals surface area contributed by atoms with E-state index in [1.54, 1.807) is 0 Å². The second-order valence-electron chi connectivity index (χ2n) is 6.14. The summed E-state index contributed by atoms with van der Waals surface area (Å²) in [6.45, 7) is 8.61. The summed E-state index contributed by atoms with van der Waals surface area (Å²) in [7, 11) is 0. The molecule has 0 aromatic rings. The van der Waals surface area contributed by atoms with Crippen molar-refractivity contribution >= 4 is 0 Å². The highest BCUT2D eigenvalue weighted by Gasteiger charge is 2.15. The minimum atomic E-state index is 0.658. The fourth-order valence-electron chi connectivity index (χ4n) is 3.29. The van der Waals surface area contributed by atoms with Crippen LogP contribution in [0.2, 0.25) is 0 Å². The van der Waals surface area contributed by atoms with Crippen LogP contribution in [0.3, 0.4) is 0 Å². The lowest BCUT2D eigenvalue weighted by atomic mass is 9.99. The molecule has 3 heteroatoms. The zero-order valence-electron chi connectivity index (χ0n) is 12.1. The molecule has 0 aromatic heterocycles. The molecule has 0 aromatic carbocycles. The summed E-state index contributed by atoms with van der Waals surface area (Å²) < 4.78 is 0. The molecule has 0 aliphatic carbocycles. The fraction of sp³-hybridized carbons (Fsp3) is 1.00. The molecule has 2 aliphatic heterocycles. The summed E-state index contributed by atoms with van der Waals surface area (Å²) in [5, 5.41) is 7.33. The molecule has 2 atom stereocenters. The van der Waals surface area contributed by atoms with Crippen LogP contribution in [-0.2, 0) is 0 Å². The van der Waals surface area contributed by atoms with Gasteiger partial charge in [-0.15, -0.1) is 0 Å². The summed E-state index contributed by atoms with van der Waals surface area (Å²) in [5.74, 6) is 0. The van der Waals surface area contributed by atoms with Crippen molar-refractivity contribution in [3.8, 4) is 0 Å². The van der Waals surface area contributed by atoms with Gasteiger partial charge in [0.25, 0.3) is 0 Å². The molecule has 2 rings (SSSR count). The van der Waals surface area contributed by atoms with E-state index < -0.39 is 0 Å². The van der Waals surface area contributed by atoms with E-state index in [1.165, 1.54) is 71.1 Å². The second kappa shape index (κ2) is 8.13. The first-order valence-electron chi connectivity index (χ1n) is 8.04. The lowest BCUT2D eigenvalue weighted by Crippen LogP contribution is -2.42. The summed E-state index contributed by atoms with van der Waals surface area (Å²) in [4.78, 5) is 2.61. The van der Waals surface area contributed by atoms with E-state index in [2.05, 4.69) is 22.5 Å². The maximum Gasteiger partial charge on any atom is 0.0107 e. The van der Waals surface area contributed by atoms with Crippen molar-refractivity contribution in [1.29, 1.82) is 0 Å². The number of piperidine rings is 2. The topological polar surface area (TPSA) is 27.3 Å². The van der Waals surface area contributed by atoms with E-state index >= 15 is 0 Å². The SMILES string of the molecule is CC(CC1CCCCN1)NCCN1CCCCC1. The van der Waals surface area contributed by atoms with Crippen molar-refractivity contribution in [2.75, 3.05) is 32.7 Å². The van der Waals surface area contributed by atoms with Crippen molar-refractivity contribution < 1.29 is 0 Å². The van der Waals surface area contributed by atoms with Crippen LogP contribution in [-0.4, -0.2) is 49.7 Å². The van der Waals surface area contributed by atoms with Crippen LogP contribution in [0.4, 0.5) is 0 Å². The third kappa shape index (κ3) is 5.25. The van der Waals surface area contributed by atoms with Crippen molar-refractivity contribution in [3.05, 3.63) is 0 Å². The Balaban J connectivity index is 1.52. The maximum atomic E-state index is 3.70. The molecular weight excluding hydrogens is 222 g/mol. The Morgan fingerprint density at radius 1 is 1.17 bits per heavy atom. The first kappa shape index (κ1) is 14.3. The van der Waals surface area contributed by atoms with Gasteiger partial charge in [-0.2, -0.15) is 0 Å². The van der Waals surface area contributed by atoms with Gasteiger partial charge in [0.15, 0.2) is 0 Å².